The first-order valence-electron chi connectivity index (χ1n) is 7.50. The van der Waals surface area contributed by atoms with E-state index in [1.807, 2.05) is 32.3 Å². The molecule has 4 heteroatoms. The van der Waals surface area contributed by atoms with E-state index in [9.17, 15) is 0 Å². The van der Waals surface area contributed by atoms with Gasteiger partial charge in [-0.2, -0.15) is 0 Å². The summed E-state index contributed by atoms with van der Waals surface area (Å²) in [6, 6.07) is 16.5. The Morgan fingerprint density at radius 3 is 2.45 bits per heavy atom. The van der Waals surface area contributed by atoms with Crippen LogP contribution in [0, 0.1) is 0 Å². The van der Waals surface area contributed by atoms with Crippen LogP contribution in [0.2, 0.25) is 0 Å². The second kappa shape index (κ2) is 7.50. The van der Waals surface area contributed by atoms with Crippen molar-refractivity contribution in [1.82, 2.24) is 0 Å². The van der Waals surface area contributed by atoms with Crippen molar-refractivity contribution in [2.24, 2.45) is 10.7 Å². The number of rotatable bonds is 5. The second-order valence-corrected chi connectivity index (χ2v) is 5.44. The smallest absolute Gasteiger partial charge is 0.193 e. The number of aliphatic imine (C=N–C) groups is 1. The summed E-state index contributed by atoms with van der Waals surface area (Å²) in [5.41, 5.74) is 10.5. The molecule has 2 aromatic rings. The molecule has 0 atom stereocenters. The molecule has 0 aliphatic rings. The van der Waals surface area contributed by atoms with Gasteiger partial charge in [-0.15, -0.1) is 0 Å². The zero-order valence-electron chi connectivity index (χ0n) is 13.5. The van der Waals surface area contributed by atoms with Crippen LogP contribution in [-0.2, 0) is 13.0 Å². The van der Waals surface area contributed by atoms with Crippen LogP contribution >= 0.6 is 0 Å². The van der Waals surface area contributed by atoms with Gasteiger partial charge in [-0.05, 0) is 41.8 Å². The maximum atomic E-state index is 5.95. The Hall–Kier alpha value is -2.49. The van der Waals surface area contributed by atoms with Gasteiger partial charge < -0.3 is 16.0 Å². The molecule has 0 aliphatic carbocycles. The SMILES string of the molecule is CCc1ccc(NC(N)=NCc2cccc(N(C)C)c2)cc1. The van der Waals surface area contributed by atoms with E-state index >= 15 is 0 Å². The van der Waals surface area contributed by atoms with Gasteiger partial charge in [-0.1, -0.05) is 31.2 Å². The molecule has 0 saturated carbocycles. The third-order valence-electron chi connectivity index (χ3n) is 3.49. The monoisotopic (exact) mass is 296 g/mol. The molecule has 0 radical (unpaired) electrons. The van der Waals surface area contributed by atoms with Crippen LogP contribution < -0.4 is 16.0 Å². The minimum absolute atomic E-state index is 0.430. The Kier molecular flexibility index (Phi) is 5.42. The number of hydrogen-bond donors (Lipinski definition) is 2. The van der Waals surface area contributed by atoms with Crippen molar-refractivity contribution in [2.45, 2.75) is 19.9 Å². The number of hydrogen-bond acceptors (Lipinski definition) is 2. The quantitative estimate of drug-likeness (QED) is 0.658. The highest BCUT2D eigenvalue weighted by molar-refractivity contribution is 5.92. The lowest BCUT2D eigenvalue weighted by Gasteiger charge is -2.13. The predicted molar refractivity (Wildman–Crippen MR) is 95.5 cm³/mol. The Bertz CT molecular complexity index is 630. The first-order valence-corrected chi connectivity index (χ1v) is 7.50. The predicted octanol–water partition coefficient (Wildman–Crippen LogP) is 3.24. The number of guanidine groups is 1. The standard InChI is InChI=1S/C18H24N4/c1-4-14-8-10-16(11-9-14)21-18(19)20-13-15-6-5-7-17(12-15)22(2)3/h5-12H,4,13H2,1-3H3,(H3,19,20,21). The molecule has 0 aliphatic heterocycles. The molecule has 4 nitrogen and oxygen atoms in total. The molecular formula is C18H24N4. The van der Waals surface area contributed by atoms with Crippen LogP contribution in [-0.4, -0.2) is 20.1 Å². The molecule has 22 heavy (non-hydrogen) atoms. The van der Waals surface area contributed by atoms with Gasteiger partial charge in [0.2, 0.25) is 0 Å². The molecule has 0 amide bonds. The summed E-state index contributed by atoms with van der Waals surface area (Å²) in [6.45, 7) is 2.70. The fraction of sp³-hybridized carbons (Fsp3) is 0.278. The number of nitrogens with one attached hydrogen (secondary N) is 1. The van der Waals surface area contributed by atoms with Crippen LogP contribution in [0.5, 0.6) is 0 Å². The van der Waals surface area contributed by atoms with E-state index in [0.717, 1.165) is 23.4 Å². The molecule has 2 rings (SSSR count). The fourth-order valence-electron chi connectivity index (χ4n) is 2.12. The van der Waals surface area contributed by atoms with Gasteiger partial charge in [0.25, 0.3) is 0 Å². The summed E-state index contributed by atoms with van der Waals surface area (Å²) in [5.74, 6) is 0.430. The maximum Gasteiger partial charge on any atom is 0.193 e. The number of nitrogens with two attached hydrogens (primary N) is 1. The Labute approximate surface area is 132 Å². The van der Waals surface area contributed by atoms with Crippen molar-refractivity contribution in [3.63, 3.8) is 0 Å². The van der Waals surface area contributed by atoms with Gasteiger partial charge in [0, 0.05) is 25.5 Å². The highest BCUT2D eigenvalue weighted by Gasteiger charge is 1.99. The summed E-state index contributed by atoms with van der Waals surface area (Å²) in [7, 11) is 4.05. The van der Waals surface area contributed by atoms with E-state index in [2.05, 4.69) is 52.5 Å². The van der Waals surface area contributed by atoms with Gasteiger partial charge >= 0.3 is 0 Å². The molecule has 116 valence electrons. The van der Waals surface area contributed by atoms with Crippen molar-refractivity contribution in [3.05, 3.63) is 59.7 Å². The number of aryl methyl sites for hydroxylation is 1. The van der Waals surface area contributed by atoms with E-state index in [-0.39, 0.29) is 0 Å². The van der Waals surface area contributed by atoms with Crippen LogP contribution in [0.4, 0.5) is 11.4 Å². The normalized spacial score (nSPS) is 11.3. The topological polar surface area (TPSA) is 53.6 Å². The van der Waals surface area contributed by atoms with E-state index < -0.39 is 0 Å². The van der Waals surface area contributed by atoms with Crippen molar-refractivity contribution in [3.8, 4) is 0 Å². The zero-order valence-corrected chi connectivity index (χ0v) is 13.5. The third kappa shape index (κ3) is 4.52. The average molecular weight is 296 g/mol. The molecule has 0 aromatic heterocycles. The third-order valence-corrected chi connectivity index (χ3v) is 3.49. The summed E-state index contributed by atoms with van der Waals surface area (Å²) in [5, 5.41) is 3.12. The molecule has 2 aromatic carbocycles. The summed E-state index contributed by atoms with van der Waals surface area (Å²) in [4.78, 5) is 6.47. The van der Waals surface area contributed by atoms with Gasteiger partial charge in [-0.3, -0.25) is 0 Å². The van der Waals surface area contributed by atoms with Crippen molar-refractivity contribution >= 4 is 17.3 Å². The van der Waals surface area contributed by atoms with Crippen LogP contribution in [0.25, 0.3) is 0 Å². The Morgan fingerprint density at radius 2 is 1.82 bits per heavy atom. The van der Waals surface area contributed by atoms with Gasteiger partial charge in [0.05, 0.1) is 6.54 Å². The second-order valence-electron chi connectivity index (χ2n) is 5.44. The molecular weight excluding hydrogens is 272 g/mol. The van der Waals surface area contributed by atoms with Crippen LogP contribution in [0.3, 0.4) is 0 Å². The first-order chi connectivity index (χ1) is 10.6. The van der Waals surface area contributed by atoms with Crippen molar-refractivity contribution in [1.29, 1.82) is 0 Å². The van der Waals surface area contributed by atoms with Crippen molar-refractivity contribution < 1.29 is 0 Å². The molecule has 0 bridgehead atoms. The minimum atomic E-state index is 0.430. The van der Waals surface area contributed by atoms with Crippen LogP contribution in [0.1, 0.15) is 18.1 Å². The molecule has 0 saturated heterocycles. The average Bonchev–Trinajstić information content (AvgIpc) is 2.54. The largest absolute Gasteiger partial charge is 0.378 e. The van der Waals surface area contributed by atoms with E-state index in [0.29, 0.717) is 12.5 Å². The number of benzene rings is 2. The van der Waals surface area contributed by atoms with Gasteiger partial charge in [0.1, 0.15) is 0 Å². The summed E-state index contributed by atoms with van der Waals surface area (Å²) in [6.07, 6.45) is 1.03. The summed E-state index contributed by atoms with van der Waals surface area (Å²) < 4.78 is 0. The van der Waals surface area contributed by atoms with Crippen LogP contribution in [0.15, 0.2) is 53.5 Å². The number of nitrogens with zero attached hydrogens (tertiary/aromatic N) is 2. The van der Waals surface area contributed by atoms with E-state index in [1.165, 1.54) is 5.56 Å². The molecule has 3 N–H and O–H groups in total. The lowest BCUT2D eigenvalue weighted by Crippen LogP contribution is -2.22. The maximum absolute atomic E-state index is 5.95. The van der Waals surface area contributed by atoms with E-state index in [1.54, 1.807) is 0 Å². The minimum Gasteiger partial charge on any atom is -0.378 e. The molecule has 0 heterocycles. The van der Waals surface area contributed by atoms with Crippen molar-refractivity contribution in [2.75, 3.05) is 24.3 Å². The Balaban J connectivity index is 1.98. The van der Waals surface area contributed by atoms with Gasteiger partial charge in [0.15, 0.2) is 5.96 Å². The fourth-order valence-corrected chi connectivity index (χ4v) is 2.12. The molecule has 0 fully saturated rings. The highest BCUT2D eigenvalue weighted by atomic mass is 15.1. The lowest BCUT2D eigenvalue weighted by atomic mass is 10.1. The Morgan fingerprint density at radius 1 is 1.09 bits per heavy atom. The number of anilines is 2. The lowest BCUT2D eigenvalue weighted by molar-refractivity contribution is 1.05. The first kappa shape index (κ1) is 15.9. The summed E-state index contributed by atoms with van der Waals surface area (Å²) >= 11 is 0. The zero-order chi connectivity index (χ0) is 15.9. The van der Waals surface area contributed by atoms with E-state index in [4.69, 9.17) is 5.73 Å². The highest BCUT2D eigenvalue weighted by Crippen LogP contribution is 2.14. The molecule has 0 unspecified atom stereocenters. The molecule has 0 spiro atoms. The van der Waals surface area contributed by atoms with Gasteiger partial charge in [-0.25, -0.2) is 4.99 Å².